The second-order valence-corrected chi connectivity index (χ2v) is 4.06. The number of esters is 1. The van der Waals surface area contributed by atoms with E-state index in [-0.39, 0.29) is 5.69 Å². The molecule has 2 aromatic rings. The smallest absolute Gasteiger partial charge is 0.356 e. The third-order valence-corrected chi connectivity index (χ3v) is 2.81. The first kappa shape index (κ1) is 13.0. The van der Waals surface area contributed by atoms with E-state index in [1.807, 2.05) is 19.1 Å². The highest BCUT2D eigenvalue weighted by Crippen LogP contribution is 2.23. The number of hydrogen-bond donors (Lipinski definition) is 0. The summed E-state index contributed by atoms with van der Waals surface area (Å²) < 4.78 is 4.63. The number of aldehydes is 1. The summed E-state index contributed by atoms with van der Waals surface area (Å²) in [7, 11) is 1.32. The van der Waals surface area contributed by atoms with Gasteiger partial charge in [-0.25, -0.2) is 9.78 Å². The van der Waals surface area contributed by atoms with Gasteiger partial charge in [-0.2, -0.15) is 0 Å². The van der Waals surface area contributed by atoms with Gasteiger partial charge in [-0.05, 0) is 24.6 Å². The molecular formula is C15H13NO3. The van der Waals surface area contributed by atoms with Gasteiger partial charge in [0, 0.05) is 16.8 Å². The molecule has 2 rings (SSSR count). The van der Waals surface area contributed by atoms with Gasteiger partial charge in [-0.1, -0.05) is 24.3 Å². The summed E-state index contributed by atoms with van der Waals surface area (Å²) in [4.78, 5) is 26.4. The molecule has 1 heterocycles. The van der Waals surface area contributed by atoms with Crippen LogP contribution >= 0.6 is 0 Å². The van der Waals surface area contributed by atoms with E-state index in [0.717, 1.165) is 17.4 Å². The molecule has 0 atom stereocenters. The lowest BCUT2D eigenvalue weighted by molar-refractivity contribution is 0.0593. The van der Waals surface area contributed by atoms with Crippen LogP contribution in [0.25, 0.3) is 11.1 Å². The van der Waals surface area contributed by atoms with Crippen LogP contribution in [0.2, 0.25) is 0 Å². The Morgan fingerprint density at radius 1 is 1.26 bits per heavy atom. The monoisotopic (exact) mass is 255 g/mol. The van der Waals surface area contributed by atoms with Crippen LogP contribution in [0.1, 0.15) is 26.5 Å². The number of benzene rings is 1. The van der Waals surface area contributed by atoms with Crippen molar-refractivity contribution in [1.82, 2.24) is 4.98 Å². The van der Waals surface area contributed by atoms with Crippen molar-refractivity contribution in [1.29, 1.82) is 0 Å². The second kappa shape index (κ2) is 5.44. The lowest BCUT2D eigenvalue weighted by Crippen LogP contribution is -2.05. The maximum absolute atomic E-state index is 11.4. The lowest BCUT2D eigenvalue weighted by Gasteiger charge is -2.07. The topological polar surface area (TPSA) is 56.3 Å². The van der Waals surface area contributed by atoms with E-state index in [0.29, 0.717) is 11.3 Å². The molecule has 0 radical (unpaired) electrons. The van der Waals surface area contributed by atoms with Gasteiger partial charge in [0.2, 0.25) is 0 Å². The number of ether oxygens (including phenoxy) is 1. The Morgan fingerprint density at radius 3 is 2.68 bits per heavy atom. The molecule has 0 aliphatic rings. The Labute approximate surface area is 111 Å². The molecule has 0 fully saturated rings. The second-order valence-electron chi connectivity index (χ2n) is 4.06. The van der Waals surface area contributed by atoms with E-state index in [1.54, 1.807) is 24.3 Å². The Kier molecular flexibility index (Phi) is 3.71. The van der Waals surface area contributed by atoms with Crippen molar-refractivity contribution in [2.24, 2.45) is 0 Å². The molecule has 0 unspecified atom stereocenters. The maximum Gasteiger partial charge on any atom is 0.356 e. The fourth-order valence-corrected chi connectivity index (χ4v) is 1.86. The lowest BCUT2D eigenvalue weighted by atomic mass is 10.0. The zero-order valence-corrected chi connectivity index (χ0v) is 10.7. The fraction of sp³-hybridized carbons (Fsp3) is 0.133. The molecule has 1 aromatic carbocycles. The summed E-state index contributed by atoms with van der Waals surface area (Å²) >= 11 is 0. The van der Waals surface area contributed by atoms with E-state index in [2.05, 4.69) is 9.72 Å². The highest BCUT2D eigenvalue weighted by molar-refractivity contribution is 5.88. The summed E-state index contributed by atoms with van der Waals surface area (Å²) in [5, 5.41) is 0. The molecule has 4 heteroatoms. The number of aryl methyl sites for hydroxylation is 1. The van der Waals surface area contributed by atoms with E-state index in [1.165, 1.54) is 7.11 Å². The Morgan fingerprint density at radius 2 is 2.05 bits per heavy atom. The number of rotatable bonds is 3. The number of carbonyl (C=O) groups is 2. The summed E-state index contributed by atoms with van der Waals surface area (Å²) in [6.07, 6.45) is 0.801. The highest BCUT2D eigenvalue weighted by atomic mass is 16.5. The van der Waals surface area contributed by atoms with E-state index in [9.17, 15) is 9.59 Å². The molecule has 0 N–H and O–H groups in total. The number of aromatic nitrogens is 1. The van der Waals surface area contributed by atoms with Crippen LogP contribution in [0.5, 0.6) is 0 Å². The molecule has 0 bridgehead atoms. The molecule has 4 nitrogen and oxygen atoms in total. The average molecular weight is 255 g/mol. The first-order valence-electron chi connectivity index (χ1n) is 5.77. The van der Waals surface area contributed by atoms with Crippen LogP contribution in [0.3, 0.4) is 0 Å². The third-order valence-electron chi connectivity index (χ3n) is 2.81. The SMILES string of the molecule is COC(=O)c1ccc(-c2cccc(C=O)c2)c(C)n1. The van der Waals surface area contributed by atoms with Gasteiger partial charge >= 0.3 is 5.97 Å². The Hall–Kier alpha value is -2.49. The van der Waals surface area contributed by atoms with Crippen molar-refractivity contribution < 1.29 is 14.3 Å². The van der Waals surface area contributed by atoms with Gasteiger partial charge in [-0.15, -0.1) is 0 Å². The molecule has 0 aliphatic heterocycles. The standard InChI is InChI=1S/C15H13NO3/c1-10-13(6-7-14(16-10)15(18)19-2)12-5-3-4-11(8-12)9-17/h3-9H,1-2H3. The van der Waals surface area contributed by atoms with Crippen LogP contribution in [0.15, 0.2) is 36.4 Å². The molecule has 0 amide bonds. The van der Waals surface area contributed by atoms with Crippen LogP contribution in [-0.2, 0) is 4.74 Å². The van der Waals surface area contributed by atoms with Gasteiger partial charge < -0.3 is 4.74 Å². The minimum atomic E-state index is -0.462. The van der Waals surface area contributed by atoms with Gasteiger partial charge in [0.25, 0.3) is 0 Å². The molecule has 0 spiro atoms. The Bertz CT molecular complexity index is 635. The van der Waals surface area contributed by atoms with Crippen molar-refractivity contribution in [3.8, 4) is 11.1 Å². The number of nitrogens with zero attached hydrogens (tertiary/aromatic N) is 1. The molecular weight excluding hydrogens is 242 g/mol. The van der Waals surface area contributed by atoms with Crippen molar-refractivity contribution in [2.75, 3.05) is 7.11 Å². The summed E-state index contributed by atoms with van der Waals surface area (Å²) in [6, 6.07) is 10.7. The van der Waals surface area contributed by atoms with Crippen molar-refractivity contribution in [3.05, 3.63) is 53.3 Å². The zero-order chi connectivity index (χ0) is 13.8. The normalized spacial score (nSPS) is 10.0. The minimum Gasteiger partial charge on any atom is -0.464 e. The van der Waals surface area contributed by atoms with Crippen molar-refractivity contribution >= 4 is 12.3 Å². The van der Waals surface area contributed by atoms with Crippen LogP contribution in [-0.4, -0.2) is 24.3 Å². The number of hydrogen-bond acceptors (Lipinski definition) is 4. The molecule has 0 saturated carbocycles. The summed E-state index contributed by atoms with van der Waals surface area (Å²) in [5.41, 5.74) is 3.37. The molecule has 0 aliphatic carbocycles. The van der Waals surface area contributed by atoms with Crippen LogP contribution in [0, 0.1) is 6.92 Å². The largest absolute Gasteiger partial charge is 0.464 e. The van der Waals surface area contributed by atoms with Gasteiger partial charge in [0.1, 0.15) is 12.0 Å². The third kappa shape index (κ3) is 2.68. The first-order valence-corrected chi connectivity index (χ1v) is 5.77. The maximum atomic E-state index is 11.4. The number of methoxy groups -OCH3 is 1. The van der Waals surface area contributed by atoms with E-state index < -0.39 is 5.97 Å². The fourth-order valence-electron chi connectivity index (χ4n) is 1.86. The van der Waals surface area contributed by atoms with E-state index in [4.69, 9.17) is 0 Å². The predicted molar refractivity (Wildman–Crippen MR) is 71.1 cm³/mol. The molecule has 0 saturated heterocycles. The van der Waals surface area contributed by atoms with Gasteiger partial charge in [0.15, 0.2) is 0 Å². The first-order chi connectivity index (χ1) is 9.15. The van der Waals surface area contributed by atoms with E-state index >= 15 is 0 Å². The van der Waals surface area contributed by atoms with Crippen molar-refractivity contribution in [2.45, 2.75) is 6.92 Å². The van der Waals surface area contributed by atoms with Crippen LogP contribution < -0.4 is 0 Å². The quantitative estimate of drug-likeness (QED) is 0.625. The predicted octanol–water partition coefficient (Wildman–Crippen LogP) is 2.66. The Balaban J connectivity index is 2.45. The average Bonchev–Trinajstić information content (AvgIpc) is 2.46. The van der Waals surface area contributed by atoms with Crippen LogP contribution in [0.4, 0.5) is 0 Å². The van der Waals surface area contributed by atoms with Crippen molar-refractivity contribution in [3.63, 3.8) is 0 Å². The zero-order valence-electron chi connectivity index (χ0n) is 10.7. The highest BCUT2D eigenvalue weighted by Gasteiger charge is 2.10. The summed E-state index contributed by atoms with van der Waals surface area (Å²) in [5.74, 6) is -0.462. The minimum absolute atomic E-state index is 0.273. The van der Waals surface area contributed by atoms with Gasteiger partial charge in [-0.3, -0.25) is 4.79 Å². The summed E-state index contributed by atoms with van der Waals surface area (Å²) in [6.45, 7) is 1.81. The molecule has 96 valence electrons. The molecule has 19 heavy (non-hydrogen) atoms. The molecule has 1 aromatic heterocycles. The number of pyridine rings is 1. The number of carbonyl (C=O) groups excluding carboxylic acids is 2. The van der Waals surface area contributed by atoms with Gasteiger partial charge in [0.05, 0.1) is 7.11 Å².